The number of guanidine groups is 1. The van der Waals surface area contributed by atoms with E-state index in [1.165, 1.54) is 0 Å². The monoisotopic (exact) mass is 374 g/mol. The Balaban J connectivity index is 1.63. The molecule has 26 heavy (non-hydrogen) atoms. The van der Waals surface area contributed by atoms with Crippen molar-refractivity contribution < 1.29 is 0 Å². The number of piperidine rings is 1. The Bertz CT molecular complexity index is 728. The number of rotatable bonds is 3. The molecule has 7 heteroatoms. The molecule has 2 atom stereocenters. The number of hydrogen-bond acceptors (Lipinski definition) is 4. The van der Waals surface area contributed by atoms with Crippen molar-refractivity contribution in [2.45, 2.75) is 52.1 Å². The number of thiazole rings is 1. The van der Waals surface area contributed by atoms with E-state index in [0.29, 0.717) is 12.0 Å². The van der Waals surface area contributed by atoms with Gasteiger partial charge in [-0.05, 0) is 12.3 Å². The number of aliphatic imine (C=N–C) groups is 1. The van der Waals surface area contributed by atoms with Crippen LogP contribution in [0.25, 0.3) is 0 Å². The highest BCUT2D eigenvalue weighted by Crippen LogP contribution is 2.27. The van der Waals surface area contributed by atoms with E-state index in [-0.39, 0.29) is 5.41 Å². The molecule has 0 radical (unpaired) electrons. The molecule has 3 rings (SSSR count). The number of aromatic nitrogens is 3. The van der Waals surface area contributed by atoms with Gasteiger partial charge in [0.2, 0.25) is 0 Å². The molecule has 2 unspecified atom stereocenters. The maximum absolute atomic E-state index is 4.77. The summed E-state index contributed by atoms with van der Waals surface area (Å²) in [5.74, 6) is 1.58. The summed E-state index contributed by atoms with van der Waals surface area (Å²) < 4.78 is 2.22. The number of likely N-dealkylation sites (tertiary alicyclic amines) is 1. The molecular weight excluding hydrogens is 344 g/mol. The molecule has 2 aromatic heterocycles. The summed E-state index contributed by atoms with van der Waals surface area (Å²) in [5, 5.41) is 6.77. The largest absolute Gasteiger partial charge is 0.350 e. The molecule has 0 saturated carbocycles. The number of nitrogens with one attached hydrogen (secondary N) is 1. The predicted molar refractivity (Wildman–Crippen MR) is 108 cm³/mol. The lowest BCUT2D eigenvalue weighted by Gasteiger charge is -2.39. The van der Waals surface area contributed by atoms with Gasteiger partial charge >= 0.3 is 0 Å². The van der Waals surface area contributed by atoms with E-state index < -0.39 is 0 Å². The topological polar surface area (TPSA) is 58.3 Å². The Labute approximate surface area is 160 Å². The predicted octanol–water partition coefficient (Wildman–Crippen LogP) is 3.30. The van der Waals surface area contributed by atoms with Gasteiger partial charge in [-0.1, -0.05) is 27.7 Å². The first-order valence-electron chi connectivity index (χ1n) is 9.26. The van der Waals surface area contributed by atoms with Crippen LogP contribution in [0.4, 0.5) is 0 Å². The molecule has 6 nitrogen and oxygen atoms in total. The van der Waals surface area contributed by atoms with E-state index in [0.717, 1.165) is 42.7 Å². The summed E-state index contributed by atoms with van der Waals surface area (Å²) >= 11 is 1.72. The Morgan fingerprint density at radius 2 is 2.23 bits per heavy atom. The fourth-order valence-electron chi connectivity index (χ4n) is 3.32. The second-order valence-corrected chi connectivity index (χ2v) is 9.01. The fraction of sp³-hybridized carbons (Fsp3) is 0.632. The number of hydrogen-bond donors (Lipinski definition) is 1. The Kier molecular flexibility index (Phi) is 5.65. The Morgan fingerprint density at radius 1 is 1.42 bits per heavy atom. The van der Waals surface area contributed by atoms with Gasteiger partial charge in [-0.25, -0.2) is 9.97 Å². The van der Waals surface area contributed by atoms with Crippen molar-refractivity contribution >= 4 is 17.3 Å². The highest BCUT2D eigenvalue weighted by molar-refractivity contribution is 7.09. The first-order valence-corrected chi connectivity index (χ1v) is 10.1. The van der Waals surface area contributed by atoms with Gasteiger partial charge in [-0.15, -0.1) is 11.3 Å². The summed E-state index contributed by atoms with van der Waals surface area (Å²) in [6, 6.07) is 0.428. The molecule has 1 aliphatic rings. The fourth-order valence-corrected chi connectivity index (χ4v) is 4.28. The number of nitrogens with zero attached hydrogens (tertiary/aromatic N) is 5. The normalized spacial score (nSPS) is 21.9. The minimum Gasteiger partial charge on any atom is -0.350 e. The molecule has 1 N–H and O–H groups in total. The molecule has 0 bridgehead atoms. The third kappa shape index (κ3) is 4.26. The minimum absolute atomic E-state index is 0.0947. The van der Waals surface area contributed by atoms with Gasteiger partial charge in [0.25, 0.3) is 0 Å². The van der Waals surface area contributed by atoms with E-state index in [1.807, 2.05) is 19.6 Å². The van der Waals surface area contributed by atoms with Crippen LogP contribution in [0.1, 0.15) is 50.9 Å². The molecule has 3 heterocycles. The van der Waals surface area contributed by atoms with Gasteiger partial charge in [-0.2, -0.15) is 0 Å². The summed E-state index contributed by atoms with van der Waals surface area (Å²) in [6.45, 7) is 11.6. The van der Waals surface area contributed by atoms with Crippen molar-refractivity contribution in [3.63, 3.8) is 0 Å². The van der Waals surface area contributed by atoms with Gasteiger partial charge in [0.05, 0.1) is 24.6 Å². The van der Waals surface area contributed by atoms with Crippen molar-refractivity contribution in [2.24, 2.45) is 10.9 Å². The molecule has 0 amide bonds. The zero-order chi connectivity index (χ0) is 18.7. The first kappa shape index (κ1) is 18.9. The standard InChI is InChI=1S/C19H30N6S/c1-14-6-8-24(11-15(14)25-9-7-21-13-25)18(20-5)22-10-17-23-16(12-26-17)19(2,3)4/h7,9,12-15H,6,8,10-11H2,1-5H3,(H,20,22). The quantitative estimate of drug-likeness (QED) is 0.661. The second-order valence-electron chi connectivity index (χ2n) is 8.07. The van der Waals surface area contributed by atoms with E-state index in [2.05, 4.69) is 64.0 Å². The van der Waals surface area contributed by atoms with Crippen LogP contribution in [0.15, 0.2) is 29.1 Å². The highest BCUT2D eigenvalue weighted by atomic mass is 32.1. The molecule has 1 fully saturated rings. The van der Waals surface area contributed by atoms with Crippen LogP contribution < -0.4 is 5.32 Å². The maximum Gasteiger partial charge on any atom is 0.194 e. The van der Waals surface area contributed by atoms with Crippen molar-refractivity contribution in [3.05, 3.63) is 34.8 Å². The molecule has 0 spiro atoms. The summed E-state index contributed by atoms with van der Waals surface area (Å²) in [6.07, 6.45) is 6.98. The Hall–Kier alpha value is -1.89. The highest BCUT2D eigenvalue weighted by Gasteiger charge is 2.29. The second kappa shape index (κ2) is 7.78. The van der Waals surface area contributed by atoms with Crippen molar-refractivity contribution in [1.82, 2.24) is 24.8 Å². The van der Waals surface area contributed by atoms with Crippen LogP contribution in [-0.2, 0) is 12.0 Å². The lowest BCUT2D eigenvalue weighted by atomic mass is 9.93. The zero-order valence-corrected chi connectivity index (χ0v) is 17.3. The molecule has 2 aromatic rings. The van der Waals surface area contributed by atoms with Crippen LogP contribution in [0.3, 0.4) is 0 Å². The molecule has 0 aliphatic carbocycles. The van der Waals surface area contributed by atoms with E-state index in [9.17, 15) is 0 Å². The molecule has 1 saturated heterocycles. The van der Waals surface area contributed by atoms with Crippen LogP contribution in [0, 0.1) is 5.92 Å². The third-order valence-electron chi connectivity index (χ3n) is 5.06. The average Bonchev–Trinajstić information content (AvgIpc) is 3.27. The summed E-state index contributed by atoms with van der Waals surface area (Å²) in [4.78, 5) is 15.8. The Morgan fingerprint density at radius 3 is 2.85 bits per heavy atom. The molecular formula is C19H30N6S. The van der Waals surface area contributed by atoms with Gasteiger partial charge in [0.15, 0.2) is 5.96 Å². The lowest BCUT2D eigenvalue weighted by Crippen LogP contribution is -2.48. The summed E-state index contributed by atoms with van der Waals surface area (Å²) in [7, 11) is 1.86. The van der Waals surface area contributed by atoms with Crippen molar-refractivity contribution in [3.8, 4) is 0 Å². The lowest BCUT2D eigenvalue weighted by molar-refractivity contribution is 0.189. The van der Waals surface area contributed by atoms with Gasteiger partial charge in [-0.3, -0.25) is 4.99 Å². The van der Waals surface area contributed by atoms with Gasteiger partial charge < -0.3 is 14.8 Å². The van der Waals surface area contributed by atoms with E-state index >= 15 is 0 Å². The number of imidazole rings is 1. The minimum atomic E-state index is 0.0947. The zero-order valence-electron chi connectivity index (χ0n) is 16.4. The van der Waals surface area contributed by atoms with Crippen LogP contribution in [-0.4, -0.2) is 45.5 Å². The van der Waals surface area contributed by atoms with Crippen molar-refractivity contribution in [2.75, 3.05) is 20.1 Å². The molecule has 1 aliphatic heterocycles. The maximum atomic E-state index is 4.77. The van der Waals surface area contributed by atoms with Crippen LogP contribution in [0.5, 0.6) is 0 Å². The van der Waals surface area contributed by atoms with Crippen LogP contribution >= 0.6 is 11.3 Å². The van der Waals surface area contributed by atoms with E-state index in [1.54, 1.807) is 11.3 Å². The van der Waals surface area contributed by atoms with E-state index in [4.69, 9.17) is 4.98 Å². The molecule has 142 valence electrons. The smallest absolute Gasteiger partial charge is 0.194 e. The third-order valence-corrected chi connectivity index (χ3v) is 5.90. The molecule has 0 aromatic carbocycles. The van der Waals surface area contributed by atoms with Crippen LogP contribution in [0.2, 0.25) is 0 Å². The first-order chi connectivity index (χ1) is 12.4. The van der Waals surface area contributed by atoms with Crippen molar-refractivity contribution in [1.29, 1.82) is 0 Å². The van der Waals surface area contributed by atoms with Gasteiger partial charge in [0, 0.05) is 43.3 Å². The average molecular weight is 375 g/mol. The SMILES string of the molecule is CN=C(NCc1nc(C(C)(C)C)cs1)N1CCC(C)C(n2ccnc2)C1. The summed E-state index contributed by atoms with van der Waals surface area (Å²) in [5.41, 5.74) is 1.25. The van der Waals surface area contributed by atoms with Gasteiger partial charge in [0.1, 0.15) is 5.01 Å².